The molecular formula is C27H40N2O. The van der Waals surface area contributed by atoms with Crippen LogP contribution in [0.2, 0.25) is 0 Å². The third-order valence-corrected chi connectivity index (χ3v) is 5.70. The molecule has 164 valence electrons. The van der Waals surface area contributed by atoms with Gasteiger partial charge in [-0.2, -0.15) is 0 Å². The van der Waals surface area contributed by atoms with E-state index >= 15 is 0 Å². The van der Waals surface area contributed by atoms with Crippen molar-refractivity contribution in [3.05, 3.63) is 77.1 Å². The summed E-state index contributed by atoms with van der Waals surface area (Å²) in [6.07, 6.45) is 5.43. The van der Waals surface area contributed by atoms with E-state index in [-0.39, 0.29) is 6.04 Å². The second kappa shape index (κ2) is 11.8. The van der Waals surface area contributed by atoms with Crippen LogP contribution in [0.4, 0.5) is 5.69 Å². The van der Waals surface area contributed by atoms with Crippen LogP contribution in [0.1, 0.15) is 75.3 Å². The van der Waals surface area contributed by atoms with Crippen LogP contribution in [0.5, 0.6) is 0 Å². The zero-order valence-electron chi connectivity index (χ0n) is 19.5. The van der Waals surface area contributed by atoms with Gasteiger partial charge in [-0.15, -0.1) is 0 Å². The number of aliphatic hydroxyl groups excluding tert-OH is 1. The van der Waals surface area contributed by atoms with Gasteiger partial charge >= 0.3 is 0 Å². The van der Waals surface area contributed by atoms with Crippen LogP contribution in [-0.4, -0.2) is 11.2 Å². The zero-order chi connectivity index (χ0) is 22.1. The van der Waals surface area contributed by atoms with Crippen molar-refractivity contribution in [3.63, 3.8) is 0 Å². The van der Waals surface area contributed by atoms with Crippen molar-refractivity contribution in [3.8, 4) is 0 Å². The summed E-state index contributed by atoms with van der Waals surface area (Å²) in [5, 5.41) is 17.1. The molecule has 0 fully saturated rings. The summed E-state index contributed by atoms with van der Waals surface area (Å²) in [5.74, 6) is 1.47. The van der Waals surface area contributed by atoms with Crippen LogP contribution < -0.4 is 10.6 Å². The van der Waals surface area contributed by atoms with Crippen LogP contribution in [-0.2, 0) is 12.8 Å². The van der Waals surface area contributed by atoms with Gasteiger partial charge in [0.05, 0.1) is 18.0 Å². The first-order chi connectivity index (χ1) is 14.3. The standard InChI is InChI=1S/C27H40N2O/c1-7-23-16-17-25(18-24(23)14-10-8-12-19(2)3)28-22(6)29-27(21(5)30)26-15-11-9-13-20(26)4/h9,11,13,15-19,21,27-30H,6-8,10,12,14H2,1-5H3. The molecule has 0 saturated heterocycles. The lowest BCUT2D eigenvalue weighted by Gasteiger charge is -2.26. The van der Waals surface area contributed by atoms with Gasteiger partial charge in [0.25, 0.3) is 0 Å². The van der Waals surface area contributed by atoms with Gasteiger partial charge in [0.2, 0.25) is 0 Å². The quantitative estimate of drug-likeness (QED) is 0.350. The molecule has 0 bridgehead atoms. The number of hydrogen-bond acceptors (Lipinski definition) is 3. The minimum Gasteiger partial charge on any atom is -0.391 e. The maximum atomic E-state index is 10.3. The first-order valence-electron chi connectivity index (χ1n) is 11.4. The van der Waals surface area contributed by atoms with Crippen molar-refractivity contribution >= 4 is 5.69 Å². The van der Waals surface area contributed by atoms with E-state index in [0.717, 1.165) is 35.6 Å². The van der Waals surface area contributed by atoms with E-state index in [2.05, 4.69) is 75.2 Å². The third kappa shape index (κ3) is 7.21. The third-order valence-electron chi connectivity index (χ3n) is 5.70. The second-order valence-corrected chi connectivity index (χ2v) is 8.80. The van der Waals surface area contributed by atoms with Crippen LogP contribution in [0.25, 0.3) is 0 Å². The number of rotatable bonds is 12. The predicted octanol–water partition coefficient (Wildman–Crippen LogP) is 6.52. The van der Waals surface area contributed by atoms with Gasteiger partial charge in [0.15, 0.2) is 0 Å². The fraction of sp³-hybridized carbons (Fsp3) is 0.481. The zero-order valence-corrected chi connectivity index (χ0v) is 19.5. The monoisotopic (exact) mass is 408 g/mol. The molecule has 0 amide bonds. The van der Waals surface area contributed by atoms with Crippen molar-refractivity contribution in [2.24, 2.45) is 5.92 Å². The first kappa shape index (κ1) is 24.0. The molecule has 3 nitrogen and oxygen atoms in total. The molecule has 2 rings (SSSR count). The molecule has 0 aliphatic carbocycles. The molecule has 2 aromatic rings. The first-order valence-corrected chi connectivity index (χ1v) is 11.4. The highest BCUT2D eigenvalue weighted by Crippen LogP contribution is 2.24. The molecule has 0 spiro atoms. The van der Waals surface area contributed by atoms with E-state index in [4.69, 9.17) is 0 Å². The highest BCUT2D eigenvalue weighted by atomic mass is 16.3. The average Bonchev–Trinajstić information content (AvgIpc) is 2.70. The molecule has 2 aromatic carbocycles. The lowest BCUT2D eigenvalue weighted by molar-refractivity contribution is 0.151. The lowest BCUT2D eigenvalue weighted by atomic mass is 9.97. The van der Waals surface area contributed by atoms with E-state index in [1.54, 1.807) is 0 Å². The Balaban J connectivity index is 2.06. The Bertz CT molecular complexity index is 810. The largest absolute Gasteiger partial charge is 0.391 e. The summed E-state index contributed by atoms with van der Waals surface area (Å²) in [6, 6.07) is 14.5. The van der Waals surface area contributed by atoms with E-state index in [9.17, 15) is 5.11 Å². The molecular weight excluding hydrogens is 368 g/mol. The Morgan fingerprint density at radius 3 is 2.40 bits per heavy atom. The van der Waals surface area contributed by atoms with Gasteiger partial charge in [-0.1, -0.05) is 70.5 Å². The molecule has 0 aliphatic heterocycles. The molecule has 2 unspecified atom stereocenters. The van der Waals surface area contributed by atoms with E-state index < -0.39 is 6.10 Å². The van der Waals surface area contributed by atoms with Gasteiger partial charge < -0.3 is 15.7 Å². The Hall–Kier alpha value is -2.26. The molecule has 0 aromatic heterocycles. The minimum atomic E-state index is -0.538. The van der Waals surface area contributed by atoms with Crippen molar-refractivity contribution in [1.29, 1.82) is 0 Å². The van der Waals surface area contributed by atoms with Gasteiger partial charge in [-0.05, 0) is 73.4 Å². The molecule has 2 atom stereocenters. The summed E-state index contributed by atoms with van der Waals surface area (Å²) in [4.78, 5) is 0. The van der Waals surface area contributed by atoms with E-state index in [1.807, 2.05) is 19.1 Å². The van der Waals surface area contributed by atoms with E-state index in [0.29, 0.717) is 5.82 Å². The summed E-state index contributed by atoms with van der Waals surface area (Å²) in [5.41, 5.74) is 6.12. The van der Waals surface area contributed by atoms with Gasteiger partial charge in [0.1, 0.15) is 0 Å². The molecule has 3 heteroatoms. The van der Waals surface area contributed by atoms with Gasteiger partial charge in [-0.3, -0.25) is 0 Å². The van der Waals surface area contributed by atoms with Crippen LogP contribution in [0.15, 0.2) is 54.9 Å². The fourth-order valence-corrected chi connectivity index (χ4v) is 3.94. The Labute approximate surface area is 183 Å². The molecule has 0 radical (unpaired) electrons. The topological polar surface area (TPSA) is 44.3 Å². The number of hydrogen-bond donors (Lipinski definition) is 3. The molecule has 0 heterocycles. The van der Waals surface area contributed by atoms with E-state index in [1.165, 1.54) is 30.4 Å². The maximum Gasteiger partial charge on any atom is 0.0962 e. The molecule has 3 N–H and O–H groups in total. The highest BCUT2D eigenvalue weighted by molar-refractivity contribution is 5.52. The number of benzene rings is 2. The summed E-state index contributed by atoms with van der Waals surface area (Å²) in [6.45, 7) is 14.8. The maximum absolute atomic E-state index is 10.3. The summed E-state index contributed by atoms with van der Waals surface area (Å²) >= 11 is 0. The SMILES string of the molecule is C=C(Nc1ccc(CC)c(CCCCC(C)C)c1)NC(c1ccccc1C)C(C)O. The number of nitrogens with one attached hydrogen (secondary N) is 2. The molecule has 0 aliphatic rings. The number of aliphatic hydroxyl groups is 1. The van der Waals surface area contributed by atoms with Crippen molar-refractivity contribution in [2.45, 2.75) is 78.9 Å². The van der Waals surface area contributed by atoms with Crippen molar-refractivity contribution < 1.29 is 5.11 Å². The van der Waals surface area contributed by atoms with Gasteiger partial charge in [0, 0.05) is 5.69 Å². The minimum absolute atomic E-state index is 0.211. The Morgan fingerprint density at radius 1 is 1.03 bits per heavy atom. The summed E-state index contributed by atoms with van der Waals surface area (Å²) < 4.78 is 0. The van der Waals surface area contributed by atoms with Crippen LogP contribution in [0.3, 0.4) is 0 Å². The number of unbranched alkanes of at least 4 members (excludes halogenated alkanes) is 1. The molecule has 0 saturated carbocycles. The highest BCUT2D eigenvalue weighted by Gasteiger charge is 2.19. The number of aryl methyl sites for hydroxylation is 3. The Kier molecular flexibility index (Phi) is 9.45. The smallest absolute Gasteiger partial charge is 0.0962 e. The molecule has 30 heavy (non-hydrogen) atoms. The van der Waals surface area contributed by atoms with Crippen molar-refractivity contribution in [2.75, 3.05) is 5.32 Å². The van der Waals surface area contributed by atoms with Crippen LogP contribution in [0, 0.1) is 12.8 Å². The second-order valence-electron chi connectivity index (χ2n) is 8.80. The van der Waals surface area contributed by atoms with Crippen LogP contribution >= 0.6 is 0 Å². The Morgan fingerprint density at radius 2 is 1.77 bits per heavy atom. The van der Waals surface area contributed by atoms with Gasteiger partial charge in [-0.25, -0.2) is 0 Å². The summed E-state index contributed by atoms with van der Waals surface area (Å²) in [7, 11) is 0. The number of anilines is 1. The fourth-order valence-electron chi connectivity index (χ4n) is 3.94. The normalized spacial score (nSPS) is 13.2. The average molecular weight is 409 g/mol. The predicted molar refractivity (Wildman–Crippen MR) is 130 cm³/mol. The van der Waals surface area contributed by atoms with Crippen molar-refractivity contribution in [1.82, 2.24) is 5.32 Å². The lowest BCUT2D eigenvalue weighted by Crippen LogP contribution is -2.32.